The van der Waals surface area contributed by atoms with Gasteiger partial charge in [0.25, 0.3) is 5.78 Å². The summed E-state index contributed by atoms with van der Waals surface area (Å²) >= 11 is 0. The minimum Gasteiger partial charge on any atom is -0.507 e. The number of amides is 1. The van der Waals surface area contributed by atoms with Crippen molar-refractivity contribution in [3.05, 3.63) is 95.3 Å². The van der Waals surface area contributed by atoms with E-state index in [1.807, 2.05) is 43.3 Å². The molecule has 176 valence electrons. The number of aliphatic hydroxyl groups is 1. The second kappa shape index (κ2) is 9.10. The highest BCUT2D eigenvalue weighted by Gasteiger charge is 2.48. The summed E-state index contributed by atoms with van der Waals surface area (Å²) in [4.78, 5) is 27.8. The number of ketones is 1. The van der Waals surface area contributed by atoms with Gasteiger partial charge >= 0.3 is 5.91 Å². The van der Waals surface area contributed by atoms with E-state index in [-0.39, 0.29) is 17.2 Å². The van der Waals surface area contributed by atoms with Crippen LogP contribution in [0.25, 0.3) is 16.5 Å². The third-order valence-corrected chi connectivity index (χ3v) is 5.98. The molecular weight excluding hydrogens is 444 g/mol. The van der Waals surface area contributed by atoms with Crippen LogP contribution in [0.15, 0.2) is 82.9 Å². The molecule has 0 saturated carbocycles. The van der Waals surface area contributed by atoms with Gasteiger partial charge in [0.1, 0.15) is 17.3 Å². The van der Waals surface area contributed by atoms with Crippen molar-refractivity contribution in [2.45, 2.75) is 26.3 Å². The summed E-state index contributed by atoms with van der Waals surface area (Å²) in [6.07, 6.45) is 0.836. The lowest BCUT2D eigenvalue weighted by atomic mass is 9.94. The van der Waals surface area contributed by atoms with Crippen LogP contribution in [0.3, 0.4) is 0 Å². The van der Waals surface area contributed by atoms with Gasteiger partial charge in [-0.05, 0) is 47.9 Å². The van der Waals surface area contributed by atoms with Gasteiger partial charge in [-0.25, -0.2) is 0 Å². The highest BCUT2D eigenvalue weighted by Crippen LogP contribution is 2.42. The Bertz CT molecular complexity index is 1470. The van der Waals surface area contributed by atoms with Crippen molar-refractivity contribution in [3.63, 3.8) is 0 Å². The number of ether oxygens (including phenoxy) is 1. The van der Waals surface area contributed by atoms with Crippen molar-refractivity contribution >= 4 is 34.0 Å². The Kier molecular flexibility index (Phi) is 5.82. The molecule has 7 nitrogen and oxygen atoms in total. The van der Waals surface area contributed by atoms with Crippen molar-refractivity contribution in [2.75, 3.05) is 11.5 Å². The summed E-state index contributed by atoms with van der Waals surface area (Å²) in [6, 6.07) is 21.0. The predicted octanol–water partition coefficient (Wildman–Crippen LogP) is 5.55. The molecule has 1 aliphatic heterocycles. The van der Waals surface area contributed by atoms with Crippen molar-refractivity contribution < 1.29 is 24.0 Å². The average molecular weight is 469 g/mol. The Morgan fingerprint density at radius 1 is 1.03 bits per heavy atom. The zero-order chi connectivity index (χ0) is 24.5. The lowest BCUT2D eigenvalue weighted by Gasteiger charge is -2.23. The smallest absolute Gasteiger partial charge is 0.301 e. The molecule has 1 atom stereocenters. The zero-order valence-corrected chi connectivity index (χ0v) is 19.4. The molecule has 3 aromatic carbocycles. The number of Topliss-reactive ketones (excluding diaryl/α,β-unsaturated/α-hetero) is 1. The molecule has 1 saturated heterocycles. The van der Waals surface area contributed by atoms with Crippen molar-refractivity contribution in [1.29, 1.82) is 0 Å². The number of hydrogen-bond acceptors (Lipinski definition) is 6. The summed E-state index contributed by atoms with van der Waals surface area (Å²) in [5, 5.41) is 17.3. The van der Waals surface area contributed by atoms with Gasteiger partial charge in [-0.2, -0.15) is 0 Å². The minimum atomic E-state index is -0.906. The van der Waals surface area contributed by atoms with Crippen molar-refractivity contribution in [3.8, 4) is 5.75 Å². The zero-order valence-electron chi connectivity index (χ0n) is 19.4. The fourth-order valence-electron chi connectivity index (χ4n) is 4.34. The first-order chi connectivity index (χ1) is 17.0. The molecule has 1 fully saturated rings. The summed E-state index contributed by atoms with van der Waals surface area (Å²) in [5.74, 6) is -0.521. The topological polar surface area (TPSA) is 92.9 Å². The molecule has 5 rings (SSSR count). The average Bonchev–Trinajstić information content (AvgIpc) is 3.42. The third-order valence-electron chi connectivity index (χ3n) is 5.98. The summed E-state index contributed by atoms with van der Waals surface area (Å²) < 4.78 is 11.0. The molecule has 1 amide bonds. The van der Waals surface area contributed by atoms with E-state index < -0.39 is 17.7 Å². The fourth-order valence-corrected chi connectivity index (χ4v) is 4.34. The van der Waals surface area contributed by atoms with E-state index in [9.17, 15) is 14.7 Å². The van der Waals surface area contributed by atoms with E-state index in [1.165, 1.54) is 4.90 Å². The second-order valence-corrected chi connectivity index (χ2v) is 8.45. The van der Waals surface area contributed by atoms with Gasteiger partial charge in [0.05, 0.1) is 18.2 Å². The molecule has 1 N–H and O–H groups in total. The van der Waals surface area contributed by atoms with Crippen LogP contribution in [0.1, 0.15) is 36.3 Å². The van der Waals surface area contributed by atoms with Crippen LogP contribution in [0.4, 0.5) is 5.82 Å². The standard InChI is InChI=1S/C28H24N2O5/c1-3-13-34-22-10-6-9-20(16-22)25-24(27(32)28(33)30(25)23-14-17(2)35-29-23)26(31)21-12-11-18-7-4-5-8-19(18)15-21/h4-12,14-16,25,31H,3,13H2,1-2H3/t25-/m1/s1. The van der Waals surface area contributed by atoms with Crippen LogP contribution in [0, 0.1) is 6.92 Å². The van der Waals surface area contributed by atoms with Gasteiger partial charge in [0, 0.05) is 11.6 Å². The molecule has 35 heavy (non-hydrogen) atoms. The Hall–Kier alpha value is -4.39. The number of anilines is 1. The normalized spacial score (nSPS) is 17.3. The molecule has 1 aliphatic rings. The number of aliphatic hydroxyl groups excluding tert-OH is 1. The van der Waals surface area contributed by atoms with Gasteiger partial charge < -0.3 is 14.4 Å². The number of fused-ring (bicyclic) bond motifs is 1. The fraction of sp³-hybridized carbons (Fsp3) is 0.179. The molecule has 1 aromatic heterocycles. The highest BCUT2D eigenvalue weighted by atomic mass is 16.5. The maximum Gasteiger partial charge on any atom is 0.301 e. The summed E-state index contributed by atoms with van der Waals surface area (Å²) in [6.45, 7) is 4.24. The number of benzene rings is 3. The molecule has 0 spiro atoms. The van der Waals surface area contributed by atoms with Gasteiger partial charge in [-0.15, -0.1) is 0 Å². The lowest BCUT2D eigenvalue weighted by Crippen LogP contribution is -2.29. The maximum absolute atomic E-state index is 13.3. The van der Waals surface area contributed by atoms with E-state index in [0.717, 1.165) is 17.2 Å². The number of rotatable bonds is 6. The lowest BCUT2D eigenvalue weighted by molar-refractivity contribution is -0.132. The number of carbonyl (C=O) groups is 2. The summed E-state index contributed by atoms with van der Waals surface area (Å²) in [5.41, 5.74) is 1.04. The van der Waals surface area contributed by atoms with E-state index in [1.54, 1.807) is 43.3 Å². The predicted molar refractivity (Wildman–Crippen MR) is 132 cm³/mol. The van der Waals surface area contributed by atoms with Crippen molar-refractivity contribution in [2.24, 2.45) is 0 Å². The van der Waals surface area contributed by atoms with Crippen molar-refractivity contribution in [1.82, 2.24) is 5.16 Å². The molecule has 2 heterocycles. The summed E-state index contributed by atoms with van der Waals surface area (Å²) in [7, 11) is 0. The second-order valence-electron chi connectivity index (χ2n) is 8.45. The molecule has 0 radical (unpaired) electrons. The van der Waals surface area contributed by atoms with Crippen LogP contribution in [0.5, 0.6) is 5.75 Å². The first kappa shape index (κ1) is 22.4. The molecule has 7 heteroatoms. The highest BCUT2D eigenvalue weighted by molar-refractivity contribution is 6.51. The van der Waals surface area contributed by atoms with Crippen LogP contribution in [-0.4, -0.2) is 28.6 Å². The number of carbonyl (C=O) groups excluding carboxylic acids is 2. The molecular formula is C28H24N2O5. The molecule has 4 aromatic rings. The van der Waals surface area contributed by atoms with Crippen LogP contribution >= 0.6 is 0 Å². The Balaban J connectivity index is 1.69. The first-order valence-corrected chi connectivity index (χ1v) is 11.4. The van der Waals surface area contributed by atoms with Crippen LogP contribution in [-0.2, 0) is 9.59 Å². The Morgan fingerprint density at radius 3 is 2.57 bits per heavy atom. The SMILES string of the molecule is CCCOc1cccc([C@@H]2C(=C(O)c3ccc4ccccc4c3)C(=O)C(=O)N2c2cc(C)on2)c1. The van der Waals surface area contributed by atoms with E-state index in [2.05, 4.69) is 5.16 Å². The van der Waals surface area contributed by atoms with Gasteiger partial charge in [0.15, 0.2) is 5.82 Å². The molecule has 0 bridgehead atoms. The number of aryl methyl sites for hydroxylation is 1. The number of hydrogen-bond donors (Lipinski definition) is 1. The van der Waals surface area contributed by atoms with Crippen LogP contribution < -0.4 is 9.64 Å². The van der Waals surface area contributed by atoms with E-state index >= 15 is 0 Å². The number of nitrogens with zero attached hydrogens (tertiary/aromatic N) is 2. The van der Waals surface area contributed by atoms with Gasteiger partial charge in [0.2, 0.25) is 0 Å². The van der Waals surface area contributed by atoms with E-state index in [0.29, 0.717) is 29.2 Å². The number of aromatic nitrogens is 1. The minimum absolute atomic E-state index is 0.0152. The van der Waals surface area contributed by atoms with Gasteiger partial charge in [-0.3, -0.25) is 14.5 Å². The molecule has 0 unspecified atom stereocenters. The largest absolute Gasteiger partial charge is 0.507 e. The quantitative estimate of drug-likeness (QED) is 0.227. The van der Waals surface area contributed by atoms with E-state index in [4.69, 9.17) is 9.26 Å². The van der Waals surface area contributed by atoms with Gasteiger partial charge in [-0.1, -0.05) is 60.6 Å². The Morgan fingerprint density at radius 2 is 1.83 bits per heavy atom. The Labute approximate surface area is 202 Å². The van der Waals surface area contributed by atoms with Crippen LogP contribution in [0.2, 0.25) is 0 Å². The third kappa shape index (κ3) is 4.05. The molecule has 0 aliphatic carbocycles. The maximum atomic E-state index is 13.3. The monoisotopic (exact) mass is 468 g/mol. The first-order valence-electron chi connectivity index (χ1n) is 11.4.